The van der Waals surface area contributed by atoms with E-state index in [1.807, 2.05) is 5.38 Å². The van der Waals surface area contributed by atoms with Gasteiger partial charge in [-0.25, -0.2) is 8.42 Å². The number of hydrogen-bond acceptors (Lipinski definition) is 6. The number of thiophene rings is 1. The number of nitrogens with one attached hydrogen (secondary N) is 2. The van der Waals surface area contributed by atoms with E-state index in [0.29, 0.717) is 16.3 Å². The van der Waals surface area contributed by atoms with Gasteiger partial charge in [-0.2, -0.15) is 0 Å². The molecule has 2 heterocycles. The molecule has 2 N–H and O–H groups in total. The molecule has 162 valence electrons. The van der Waals surface area contributed by atoms with Crippen molar-refractivity contribution in [3.63, 3.8) is 0 Å². The van der Waals surface area contributed by atoms with Crippen LogP contribution in [0.2, 0.25) is 0 Å². The molecule has 0 atom stereocenters. The predicted molar refractivity (Wildman–Crippen MR) is 123 cm³/mol. The van der Waals surface area contributed by atoms with E-state index in [1.165, 1.54) is 35.8 Å². The predicted octanol–water partition coefficient (Wildman–Crippen LogP) is 4.82. The molecular weight excluding hydrogens is 448 g/mol. The number of hydrogen-bond donors (Lipinski definition) is 2. The van der Waals surface area contributed by atoms with E-state index in [9.17, 15) is 18.0 Å². The molecule has 9 heteroatoms. The lowest BCUT2D eigenvalue weighted by Gasteiger charge is -2.08. The summed E-state index contributed by atoms with van der Waals surface area (Å²) in [5, 5.41) is 7.28. The van der Waals surface area contributed by atoms with E-state index < -0.39 is 15.7 Å². The zero-order valence-electron chi connectivity index (χ0n) is 16.6. The van der Waals surface area contributed by atoms with Gasteiger partial charge in [0.15, 0.2) is 15.6 Å². The van der Waals surface area contributed by atoms with Crippen molar-refractivity contribution in [3.8, 4) is 0 Å². The summed E-state index contributed by atoms with van der Waals surface area (Å²) in [5.41, 5.74) is 1.32. The Kier molecular flexibility index (Phi) is 6.20. The first kappa shape index (κ1) is 21.5. The van der Waals surface area contributed by atoms with Gasteiger partial charge in [0, 0.05) is 16.9 Å². The van der Waals surface area contributed by atoms with Gasteiger partial charge >= 0.3 is 0 Å². The second-order valence-corrected chi connectivity index (χ2v) is 9.75. The number of sulfone groups is 1. The number of carbonyl (C=O) groups is 2. The molecule has 0 aliphatic rings. The Morgan fingerprint density at radius 1 is 0.812 bits per heavy atom. The number of furan rings is 1. The van der Waals surface area contributed by atoms with Gasteiger partial charge in [-0.05, 0) is 53.9 Å². The summed E-state index contributed by atoms with van der Waals surface area (Å²) in [6.07, 6.45) is 1.29. The molecular formula is C23H18N2O5S2. The fourth-order valence-electron chi connectivity index (χ4n) is 2.99. The molecule has 7 nitrogen and oxygen atoms in total. The Balaban J connectivity index is 1.43. The van der Waals surface area contributed by atoms with Crippen LogP contribution < -0.4 is 10.6 Å². The fraction of sp³-hybridized carbons (Fsp3) is 0.0435. The van der Waals surface area contributed by atoms with E-state index >= 15 is 0 Å². The number of rotatable bonds is 7. The van der Waals surface area contributed by atoms with Gasteiger partial charge in [-0.1, -0.05) is 24.3 Å². The molecule has 4 rings (SSSR count). The van der Waals surface area contributed by atoms with Crippen LogP contribution in [-0.4, -0.2) is 20.2 Å². The lowest BCUT2D eigenvalue weighted by Crippen LogP contribution is -2.15. The Labute approximate surface area is 188 Å². The summed E-state index contributed by atoms with van der Waals surface area (Å²) in [6, 6.07) is 19.6. The van der Waals surface area contributed by atoms with E-state index in [4.69, 9.17) is 4.42 Å². The number of carbonyl (C=O) groups excluding carboxylic acids is 2. The lowest BCUT2D eigenvalue weighted by molar-refractivity contribution is 0.0993. The second-order valence-electron chi connectivity index (χ2n) is 6.81. The van der Waals surface area contributed by atoms with Gasteiger partial charge in [0.2, 0.25) is 0 Å². The maximum Gasteiger partial charge on any atom is 0.291 e. The van der Waals surface area contributed by atoms with Crippen molar-refractivity contribution in [1.82, 2.24) is 0 Å². The molecule has 0 saturated carbocycles. The maximum absolute atomic E-state index is 12.7. The van der Waals surface area contributed by atoms with Crippen LogP contribution in [0.1, 0.15) is 25.8 Å². The average molecular weight is 467 g/mol. The van der Waals surface area contributed by atoms with E-state index in [-0.39, 0.29) is 27.9 Å². The Hall–Kier alpha value is -3.69. The van der Waals surface area contributed by atoms with Gasteiger partial charge in [0.05, 0.1) is 21.8 Å². The summed E-state index contributed by atoms with van der Waals surface area (Å²) >= 11 is 1.34. The smallest absolute Gasteiger partial charge is 0.291 e. The highest BCUT2D eigenvalue weighted by Gasteiger charge is 2.22. The molecule has 0 fully saturated rings. The minimum atomic E-state index is -3.63. The van der Waals surface area contributed by atoms with Crippen molar-refractivity contribution >= 4 is 44.4 Å². The van der Waals surface area contributed by atoms with Crippen molar-refractivity contribution in [1.29, 1.82) is 0 Å². The van der Waals surface area contributed by atoms with E-state index in [2.05, 4.69) is 10.6 Å². The standard InChI is InChI=1S/C23H18N2O5S2/c26-22(20-7-4-14-31-20)24-17-8-10-18(11-9-17)25-23(27)21-16(12-13-30-21)15-32(28,29)19-5-2-1-3-6-19/h1-14H,15H2,(H,24,26)(H,25,27). The van der Waals surface area contributed by atoms with Crippen LogP contribution in [0.4, 0.5) is 11.4 Å². The number of amides is 2. The van der Waals surface area contributed by atoms with Crippen molar-refractivity contribution < 1.29 is 22.4 Å². The first-order valence-corrected chi connectivity index (χ1v) is 12.1. The SMILES string of the molecule is O=C(Nc1ccc(NC(=O)c2occc2CS(=O)(=O)c2ccccc2)cc1)c1cccs1. The zero-order valence-corrected chi connectivity index (χ0v) is 18.3. The molecule has 0 unspecified atom stereocenters. The van der Waals surface area contributed by atoms with Crippen LogP contribution in [0.25, 0.3) is 0 Å². The Morgan fingerprint density at radius 2 is 1.47 bits per heavy atom. The van der Waals surface area contributed by atoms with Crippen LogP contribution in [0.3, 0.4) is 0 Å². The van der Waals surface area contributed by atoms with Crippen LogP contribution in [0, 0.1) is 0 Å². The Bertz CT molecular complexity index is 1330. The van der Waals surface area contributed by atoms with E-state index in [1.54, 1.807) is 54.6 Å². The van der Waals surface area contributed by atoms with Gasteiger partial charge in [-0.3, -0.25) is 9.59 Å². The summed E-state index contributed by atoms with van der Waals surface area (Å²) < 4.78 is 30.5. The topological polar surface area (TPSA) is 105 Å². The monoisotopic (exact) mass is 466 g/mol. The molecule has 4 aromatic rings. The lowest BCUT2D eigenvalue weighted by atomic mass is 10.2. The highest BCUT2D eigenvalue weighted by atomic mass is 32.2. The second kappa shape index (κ2) is 9.21. The maximum atomic E-state index is 12.7. The molecule has 0 spiro atoms. The normalized spacial score (nSPS) is 11.1. The first-order chi connectivity index (χ1) is 15.4. The average Bonchev–Trinajstić information content (AvgIpc) is 3.48. The van der Waals surface area contributed by atoms with Gasteiger partial charge in [-0.15, -0.1) is 11.3 Å². The first-order valence-electron chi connectivity index (χ1n) is 9.53. The molecule has 0 saturated heterocycles. The Morgan fingerprint density at radius 3 is 2.09 bits per heavy atom. The minimum Gasteiger partial charge on any atom is -0.459 e. The highest BCUT2D eigenvalue weighted by molar-refractivity contribution is 7.90. The third-order valence-corrected chi connectivity index (χ3v) is 7.10. The highest BCUT2D eigenvalue weighted by Crippen LogP contribution is 2.22. The quantitative estimate of drug-likeness (QED) is 0.406. The van der Waals surface area contributed by atoms with Crippen LogP contribution in [0.15, 0.2) is 93.8 Å². The number of benzene rings is 2. The fourth-order valence-corrected chi connectivity index (χ4v) is 4.98. The van der Waals surface area contributed by atoms with Gasteiger partial charge < -0.3 is 15.1 Å². The third-order valence-electron chi connectivity index (χ3n) is 4.55. The summed E-state index contributed by atoms with van der Waals surface area (Å²) in [6.45, 7) is 0. The summed E-state index contributed by atoms with van der Waals surface area (Å²) in [4.78, 5) is 25.6. The van der Waals surface area contributed by atoms with Crippen molar-refractivity contribution in [2.75, 3.05) is 10.6 Å². The molecule has 2 amide bonds. The summed E-state index contributed by atoms with van der Waals surface area (Å²) in [5.74, 6) is -1.20. The molecule has 32 heavy (non-hydrogen) atoms. The zero-order chi connectivity index (χ0) is 22.6. The molecule has 2 aromatic heterocycles. The molecule has 0 radical (unpaired) electrons. The van der Waals surface area contributed by atoms with Crippen LogP contribution >= 0.6 is 11.3 Å². The van der Waals surface area contributed by atoms with Crippen molar-refractivity contribution in [3.05, 3.63) is 101 Å². The largest absolute Gasteiger partial charge is 0.459 e. The third kappa shape index (κ3) is 4.96. The van der Waals surface area contributed by atoms with Crippen LogP contribution in [0.5, 0.6) is 0 Å². The minimum absolute atomic E-state index is 0.0698. The molecule has 0 bridgehead atoms. The van der Waals surface area contributed by atoms with Crippen LogP contribution in [-0.2, 0) is 15.6 Å². The number of anilines is 2. The molecule has 0 aliphatic carbocycles. The van der Waals surface area contributed by atoms with Crippen molar-refractivity contribution in [2.24, 2.45) is 0 Å². The molecule has 2 aromatic carbocycles. The van der Waals surface area contributed by atoms with Gasteiger partial charge in [0.25, 0.3) is 11.8 Å². The molecule has 0 aliphatic heterocycles. The van der Waals surface area contributed by atoms with Crippen molar-refractivity contribution in [2.45, 2.75) is 10.6 Å². The van der Waals surface area contributed by atoms with Gasteiger partial charge in [0.1, 0.15) is 0 Å². The summed E-state index contributed by atoms with van der Waals surface area (Å²) in [7, 11) is -3.63. The van der Waals surface area contributed by atoms with E-state index in [0.717, 1.165) is 0 Å².